The van der Waals surface area contributed by atoms with Gasteiger partial charge in [-0.2, -0.15) is 0 Å². The number of benzene rings is 2. The lowest BCUT2D eigenvalue weighted by atomic mass is 10.00. The predicted octanol–water partition coefficient (Wildman–Crippen LogP) is 6.77. The highest BCUT2D eigenvalue weighted by molar-refractivity contribution is 5.98. The molecule has 0 saturated carbocycles. The van der Waals surface area contributed by atoms with E-state index in [1.165, 1.54) is 4.90 Å². The molecule has 0 unspecified atom stereocenters. The largest absolute Gasteiger partial charge is 0.497 e. The molecule has 0 aliphatic carbocycles. The first-order valence-electron chi connectivity index (χ1n) is 16.8. The summed E-state index contributed by atoms with van der Waals surface area (Å²) in [6.45, 7) is 16.2. The molecule has 11 nitrogen and oxygen atoms in total. The Morgan fingerprint density at radius 3 is 2.34 bits per heavy atom. The maximum atomic E-state index is 13.2. The third kappa shape index (κ3) is 10.2. The van der Waals surface area contributed by atoms with Crippen molar-refractivity contribution in [2.75, 3.05) is 19.1 Å². The number of esters is 1. The molecule has 1 amide bonds. The SMILES string of the molecule is COc1ccc(CO[C@H](C=C[C@@H](C)[C@H](C)O)[C@H]2OC(C)(C)O[C@H]2CC#Cc2cc(N(C)C(=O)OC(C)(C)C)cc3c2C(=O)OC(C)(C)O3)cc1. The number of hydrogen-bond acceptors (Lipinski definition) is 10. The van der Waals surface area contributed by atoms with Gasteiger partial charge in [-0.3, -0.25) is 4.90 Å². The Morgan fingerprint density at radius 2 is 1.72 bits per heavy atom. The molecular formula is C39H51NO10. The van der Waals surface area contributed by atoms with E-state index in [-0.39, 0.29) is 23.7 Å². The number of nitrogens with zero attached hydrogens (tertiary/aromatic N) is 1. The molecular weight excluding hydrogens is 642 g/mol. The number of rotatable bonds is 10. The average Bonchev–Trinajstić information content (AvgIpc) is 3.32. The van der Waals surface area contributed by atoms with Crippen LogP contribution in [0, 0.1) is 17.8 Å². The molecule has 1 fully saturated rings. The lowest BCUT2D eigenvalue weighted by Crippen LogP contribution is -2.39. The van der Waals surface area contributed by atoms with Crippen molar-refractivity contribution in [1.29, 1.82) is 0 Å². The number of anilines is 1. The summed E-state index contributed by atoms with van der Waals surface area (Å²) in [4.78, 5) is 27.5. The zero-order chi connectivity index (χ0) is 37.0. The van der Waals surface area contributed by atoms with E-state index in [1.54, 1.807) is 67.8 Å². The molecule has 0 aromatic heterocycles. The zero-order valence-electron chi connectivity index (χ0n) is 31.0. The average molecular weight is 694 g/mol. The molecule has 0 bridgehead atoms. The smallest absolute Gasteiger partial charge is 0.414 e. The van der Waals surface area contributed by atoms with Gasteiger partial charge in [0.25, 0.3) is 0 Å². The van der Waals surface area contributed by atoms with E-state index in [4.69, 9.17) is 33.2 Å². The van der Waals surface area contributed by atoms with E-state index in [1.807, 2.05) is 57.2 Å². The second-order valence-corrected chi connectivity index (χ2v) is 14.6. The van der Waals surface area contributed by atoms with E-state index >= 15 is 0 Å². The van der Waals surface area contributed by atoms with Crippen molar-refractivity contribution < 1.29 is 47.9 Å². The van der Waals surface area contributed by atoms with Gasteiger partial charge in [0.05, 0.1) is 25.5 Å². The third-order valence-electron chi connectivity index (χ3n) is 8.08. The molecule has 5 atom stereocenters. The first-order chi connectivity index (χ1) is 23.3. The Labute approximate surface area is 295 Å². The van der Waals surface area contributed by atoms with Crippen LogP contribution in [-0.4, -0.2) is 72.9 Å². The first kappa shape index (κ1) is 38.7. The number of carbonyl (C=O) groups is 2. The summed E-state index contributed by atoms with van der Waals surface area (Å²) in [7, 11) is 3.19. The molecule has 50 heavy (non-hydrogen) atoms. The van der Waals surface area contributed by atoms with Crippen LogP contribution >= 0.6 is 0 Å². The van der Waals surface area contributed by atoms with Crippen molar-refractivity contribution >= 4 is 17.7 Å². The van der Waals surface area contributed by atoms with Crippen molar-refractivity contribution in [3.05, 3.63) is 65.2 Å². The van der Waals surface area contributed by atoms with Gasteiger partial charge >= 0.3 is 12.1 Å². The molecule has 0 spiro atoms. The van der Waals surface area contributed by atoms with E-state index in [9.17, 15) is 14.7 Å². The molecule has 1 saturated heterocycles. The van der Waals surface area contributed by atoms with Crippen LogP contribution in [0.5, 0.6) is 11.5 Å². The maximum absolute atomic E-state index is 13.2. The standard InChI is InChI=1S/C39H51NO10/c1-24(25(2)41)15-20-30(45-23-26-16-18-29(44-11)19-17-26)34-31(46-38(6,7)48-34)14-12-13-27-21-28(40(10)36(43)50-37(3,4)5)22-32-33(27)35(42)49-39(8,9)47-32/h15-22,24-25,30-31,34,41H,14,23H2,1-11H3/t24-,25+,30-,31+,34-/m1/s1. The Kier molecular flexibility index (Phi) is 12.0. The highest BCUT2D eigenvalue weighted by Gasteiger charge is 2.45. The summed E-state index contributed by atoms with van der Waals surface area (Å²) < 4.78 is 41.5. The van der Waals surface area contributed by atoms with E-state index in [0.717, 1.165) is 11.3 Å². The van der Waals surface area contributed by atoms with E-state index in [2.05, 4.69) is 11.8 Å². The van der Waals surface area contributed by atoms with E-state index < -0.39 is 53.7 Å². The molecule has 0 radical (unpaired) electrons. The predicted molar refractivity (Wildman–Crippen MR) is 188 cm³/mol. The topological polar surface area (TPSA) is 122 Å². The molecule has 1 N–H and O–H groups in total. The summed E-state index contributed by atoms with van der Waals surface area (Å²) in [5.41, 5.74) is 1.14. The molecule has 2 aromatic rings. The molecule has 272 valence electrons. The van der Waals surface area contributed by atoms with Crippen LogP contribution in [0.1, 0.15) is 90.2 Å². The summed E-state index contributed by atoms with van der Waals surface area (Å²) in [6, 6.07) is 10.8. The molecule has 11 heteroatoms. The first-order valence-corrected chi connectivity index (χ1v) is 16.8. The van der Waals surface area contributed by atoms with Gasteiger partial charge in [0.15, 0.2) is 5.79 Å². The minimum absolute atomic E-state index is 0.125. The number of aliphatic hydroxyl groups is 1. The van der Waals surface area contributed by atoms with Crippen LogP contribution in [0.4, 0.5) is 10.5 Å². The van der Waals surface area contributed by atoms with Crippen molar-refractivity contribution in [3.8, 4) is 23.3 Å². The van der Waals surface area contributed by atoms with Gasteiger partial charge in [-0.15, -0.1) is 0 Å². The van der Waals surface area contributed by atoms with E-state index in [0.29, 0.717) is 17.9 Å². The van der Waals surface area contributed by atoms with Gasteiger partial charge in [-0.25, -0.2) is 9.59 Å². The number of cyclic esters (lactones) is 1. The van der Waals surface area contributed by atoms with Gasteiger partial charge in [0.1, 0.15) is 41.0 Å². The summed E-state index contributed by atoms with van der Waals surface area (Å²) in [5.74, 6) is 4.42. The number of methoxy groups -OCH3 is 1. The summed E-state index contributed by atoms with van der Waals surface area (Å²) >= 11 is 0. The van der Waals surface area contributed by atoms with Crippen LogP contribution in [-0.2, 0) is 30.3 Å². The third-order valence-corrected chi connectivity index (χ3v) is 8.08. The van der Waals surface area contributed by atoms with Gasteiger partial charge in [-0.05, 0) is 71.2 Å². The number of amides is 1. The summed E-state index contributed by atoms with van der Waals surface area (Å²) in [6.07, 6.45) is 1.29. The van der Waals surface area contributed by atoms with Crippen LogP contribution in [0.25, 0.3) is 0 Å². The maximum Gasteiger partial charge on any atom is 0.414 e. The van der Waals surface area contributed by atoms with Gasteiger partial charge in [0, 0.05) is 38.9 Å². The molecule has 4 rings (SSSR count). The highest BCUT2D eigenvalue weighted by Crippen LogP contribution is 2.38. The lowest BCUT2D eigenvalue weighted by molar-refractivity contribution is -0.156. The molecule has 2 aromatic carbocycles. The van der Waals surface area contributed by atoms with Crippen LogP contribution < -0.4 is 14.4 Å². The van der Waals surface area contributed by atoms with Crippen molar-refractivity contribution in [3.63, 3.8) is 0 Å². The number of carbonyl (C=O) groups excluding carboxylic acids is 2. The number of aliphatic hydroxyl groups excluding tert-OH is 1. The molecule has 2 aliphatic rings. The second kappa shape index (κ2) is 15.4. The molecule has 2 heterocycles. The zero-order valence-corrected chi connectivity index (χ0v) is 31.0. The van der Waals surface area contributed by atoms with Crippen molar-refractivity contribution in [1.82, 2.24) is 0 Å². The number of hydrogen-bond donors (Lipinski definition) is 1. The van der Waals surface area contributed by atoms with Gasteiger partial charge in [0.2, 0.25) is 5.79 Å². The lowest BCUT2D eigenvalue weighted by Gasteiger charge is -2.33. The number of fused-ring (bicyclic) bond motifs is 1. The Bertz CT molecular complexity index is 1610. The minimum Gasteiger partial charge on any atom is -0.497 e. The highest BCUT2D eigenvalue weighted by atomic mass is 16.8. The summed E-state index contributed by atoms with van der Waals surface area (Å²) in [5, 5.41) is 10.1. The minimum atomic E-state index is -1.22. The van der Waals surface area contributed by atoms with Crippen molar-refractivity contribution in [2.24, 2.45) is 5.92 Å². The van der Waals surface area contributed by atoms with Crippen LogP contribution in [0.3, 0.4) is 0 Å². The Morgan fingerprint density at radius 1 is 1.04 bits per heavy atom. The van der Waals surface area contributed by atoms with Crippen molar-refractivity contribution in [2.45, 2.75) is 117 Å². The fraction of sp³-hybridized carbons (Fsp3) is 0.538. The number of ether oxygens (including phenoxy) is 7. The molecule has 2 aliphatic heterocycles. The fourth-order valence-corrected chi connectivity index (χ4v) is 5.35. The Balaban J connectivity index is 1.65. The van der Waals surface area contributed by atoms with Crippen LogP contribution in [0.15, 0.2) is 48.6 Å². The monoisotopic (exact) mass is 693 g/mol. The second-order valence-electron chi connectivity index (χ2n) is 14.6. The Hall–Kier alpha value is -4.08. The van der Waals surface area contributed by atoms with Gasteiger partial charge in [-0.1, -0.05) is 43.0 Å². The van der Waals surface area contributed by atoms with Crippen LogP contribution in [0.2, 0.25) is 0 Å². The normalized spacial score (nSPS) is 21.2. The fourth-order valence-electron chi connectivity index (χ4n) is 5.35. The van der Waals surface area contributed by atoms with Gasteiger partial charge < -0.3 is 38.3 Å². The quantitative estimate of drug-likeness (QED) is 0.162.